The minimum absolute atomic E-state index is 0.0127. The molecule has 3 nitrogen and oxygen atoms in total. The van der Waals surface area contributed by atoms with Crippen LogP contribution in [0, 0.1) is 13.8 Å². The third-order valence-corrected chi connectivity index (χ3v) is 5.45. The van der Waals surface area contributed by atoms with Gasteiger partial charge in [0.05, 0.1) is 11.4 Å². The Morgan fingerprint density at radius 2 is 1.70 bits per heavy atom. The molecule has 1 aromatic heterocycles. The molecule has 1 heterocycles. The average Bonchev–Trinajstić information content (AvgIpc) is 2.77. The molecule has 30 heavy (non-hydrogen) atoms. The molecule has 150 valence electrons. The van der Waals surface area contributed by atoms with Crippen LogP contribution in [0.15, 0.2) is 82.5 Å². The number of hydrogen-bond donors (Lipinski definition) is 1. The van der Waals surface area contributed by atoms with Crippen molar-refractivity contribution in [3.8, 4) is 11.3 Å². The Balaban J connectivity index is 1.90. The minimum Gasteiger partial charge on any atom is -0.455 e. The third-order valence-electron chi connectivity index (χ3n) is 5.45. The Morgan fingerprint density at radius 1 is 1.00 bits per heavy atom. The number of nitrogens with one attached hydrogen (secondary N) is 1. The summed E-state index contributed by atoms with van der Waals surface area (Å²) in [6.07, 6.45) is 1.83. The Kier molecular flexibility index (Phi) is 5.28. The molecule has 1 atom stereocenters. The first-order valence-corrected chi connectivity index (χ1v) is 10.1. The first-order valence-electron chi connectivity index (χ1n) is 10.1. The molecule has 0 saturated heterocycles. The number of aryl methyl sites for hydroxylation is 1. The van der Waals surface area contributed by atoms with E-state index in [1.165, 1.54) is 0 Å². The zero-order valence-corrected chi connectivity index (χ0v) is 17.5. The van der Waals surface area contributed by atoms with Gasteiger partial charge in [0.2, 0.25) is 0 Å². The lowest BCUT2D eigenvalue weighted by atomic mass is 9.98. The topological polar surface area (TPSA) is 42.2 Å². The van der Waals surface area contributed by atoms with Crippen LogP contribution >= 0.6 is 0 Å². The molecular formula is C27H25NO2. The van der Waals surface area contributed by atoms with Crippen LogP contribution in [0.1, 0.15) is 35.2 Å². The van der Waals surface area contributed by atoms with Gasteiger partial charge in [-0.3, -0.25) is 4.79 Å². The van der Waals surface area contributed by atoms with Gasteiger partial charge >= 0.3 is 0 Å². The largest absolute Gasteiger partial charge is 0.455 e. The summed E-state index contributed by atoms with van der Waals surface area (Å²) in [4.78, 5) is 13.2. The Hall–Kier alpha value is -3.59. The van der Waals surface area contributed by atoms with Crippen LogP contribution in [-0.2, 0) is 0 Å². The Bertz CT molecular complexity index is 1290. The molecular weight excluding hydrogens is 370 g/mol. The molecule has 3 heteroatoms. The molecule has 0 aliphatic carbocycles. The SMILES string of the molecule is C=Cc1ccccc1N[C@H](C)c1cc(C)cc2c(=O)c(C)c(-c3ccccc3)oc12. The smallest absolute Gasteiger partial charge is 0.196 e. The van der Waals surface area contributed by atoms with Gasteiger partial charge in [-0.05, 0) is 44.0 Å². The third kappa shape index (κ3) is 3.55. The van der Waals surface area contributed by atoms with Gasteiger partial charge < -0.3 is 9.73 Å². The van der Waals surface area contributed by atoms with Crippen LogP contribution in [0.2, 0.25) is 0 Å². The predicted octanol–water partition coefficient (Wildman–Crippen LogP) is 6.89. The minimum atomic E-state index is -0.0667. The van der Waals surface area contributed by atoms with Crippen LogP contribution in [0.5, 0.6) is 0 Å². The molecule has 1 N–H and O–H groups in total. The normalized spacial score (nSPS) is 12.0. The van der Waals surface area contributed by atoms with E-state index >= 15 is 0 Å². The highest BCUT2D eigenvalue weighted by atomic mass is 16.3. The van der Waals surface area contributed by atoms with Gasteiger partial charge in [0.25, 0.3) is 0 Å². The van der Waals surface area contributed by atoms with Crippen molar-refractivity contribution < 1.29 is 4.42 Å². The van der Waals surface area contributed by atoms with E-state index < -0.39 is 0 Å². The number of para-hydroxylation sites is 1. The summed E-state index contributed by atoms with van der Waals surface area (Å²) in [6, 6.07) is 21.8. The van der Waals surface area contributed by atoms with Crippen molar-refractivity contribution in [2.75, 3.05) is 5.32 Å². The number of hydrogen-bond acceptors (Lipinski definition) is 3. The van der Waals surface area contributed by atoms with Gasteiger partial charge in [-0.2, -0.15) is 0 Å². The maximum Gasteiger partial charge on any atom is 0.196 e. The van der Waals surface area contributed by atoms with E-state index in [9.17, 15) is 4.79 Å². The average molecular weight is 396 g/mol. The van der Waals surface area contributed by atoms with E-state index in [0.29, 0.717) is 22.3 Å². The standard InChI is InChI=1S/C27H25NO2/c1-5-20-11-9-10-14-24(20)28-19(4)22-15-17(2)16-23-25(29)18(3)26(30-27(22)23)21-12-7-6-8-13-21/h5-16,19,28H,1H2,2-4H3/t19-/m1/s1. The maximum atomic E-state index is 13.2. The van der Waals surface area contributed by atoms with E-state index in [2.05, 4.69) is 24.9 Å². The number of anilines is 1. The van der Waals surface area contributed by atoms with Crippen LogP contribution in [0.3, 0.4) is 0 Å². The lowest BCUT2D eigenvalue weighted by Gasteiger charge is -2.20. The van der Waals surface area contributed by atoms with Crippen molar-refractivity contribution in [2.24, 2.45) is 0 Å². The predicted molar refractivity (Wildman–Crippen MR) is 126 cm³/mol. The molecule has 4 rings (SSSR count). The zero-order chi connectivity index (χ0) is 21.3. The molecule has 0 radical (unpaired) electrons. The summed E-state index contributed by atoms with van der Waals surface area (Å²) in [5, 5.41) is 4.18. The first kappa shape index (κ1) is 19.7. The van der Waals surface area contributed by atoms with Crippen molar-refractivity contribution in [2.45, 2.75) is 26.8 Å². The van der Waals surface area contributed by atoms with Gasteiger partial charge in [0.15, 0.2) is 5.43 Å². The molecule has 0 aliphatic rings. The molecule has 0 bridgehead atoms. The van der Waals surface area contributed by atoms with Crippen molar-refractivity contribution >= 4 is 22.7 Å². The molecule has 0 fully saturated rings. The van der Waals surface area contributed by atoms with E-state index in [1.807, 2.05) is 80.6 Å². The fourth-order valence-corrected chi connectivity index (χ4v) is 3.87. The van der Waals surface area contributed by atoms with Crippen LogP contribution in [0.25, 0.3) is 28.4 Å². The van der Waals surface area contributed by atoms with Crippen LogP contribution < -0.4 is 10.7 Å². The van der Waals surface area contributed by atoms with E-state index in [1.54, 1.807) is 0 Å². The molecule has 0 spiro atoms. The van der Waals surface area contributed by atoms with E-state index in [-0.39, 0.29) is 11.5 Å². The first-order chi connectivity index (χ1) is 14.5. The Labute approximate surface area is 176 Å². The van der Waals surface area contributed by atoms with E-state index in [0.717, 1.165) is 27.9 Å². The second-order valence-corrected chi connectivity index (χ2v) is 7.64. The van der Waals surface area contributed by atoms with Gasteiger partial charge in [-0.25, -0.2) is 0 Å². The summed E-state index contributed by atoms with van der Waals surface area (Å²) in [7, 11) is 0. The van der Waals surface area contributed by atoms with Crippen molar-refractivity contribution in [3.63, 3.8) is 0 Å². The lowest BCUT2D eigenvalue weighted by Crippen LogP contribution is -2.12. The van der Waals surface area contributed by atoms with Gasteiger partial charge in [-0.15, -0.1) is 0 Å². The van der Waals surface area contributed by atoms with Crippen molar-refractivity contribution in [1.29, 1.82) is 0 Å². The number of benzene rings is 3. The summed E-state index contributed by atoms with van der Waals surface area (Å²) in [5.74, 6) is 0.622. The fourth-order valence-electron chi connectivity index (χ4n) is 3.87. The van der Waals surface area contributed by atoms with Gasteiger partial charge in [-0.1, -0.05) is 67.3 Å². The number of fused-ring (bicyclic) bond motifs is 1. The second-order valence-electron chi connectivity index (χ2n) is 7.64. The maximum absolute atomic E-state index is 13.2. The quantitative estimate of drug-likeness (QED) is 0.400. The summed E-state index contributed by atoms with van der Waals surface area (Å²) in [5.41, 5.74) is 6.18. The fraction of sp³-hybridized carbons (Fsp3) is 0.148. The molecule has 3 aromatic carbocycles. The highest BCUT2D eigenvalue weighted by Gasteiger charge is 2.19. The van der Waals surface area contributed by atoms with Crippen molar-refractivity contribution in [1.82, 2.24) is 0 Å². The van der Waals surface area contributed by atoms with Gasteiger partial charge in [0, 0.05) is 22.4 Å². The molecule has 0 amide bonds. The summed E-state index contributed by atoms with van der Waals surface area (Å²) in [6.45, 7) is 9.82. The molecule has 4 aromatic rings. The van der Waals surface area contributed by atoms with E-state index in [4.69, 9.17) is 4.42 Å². The monoisotopic (exact) mass is 395 g/mol. The second kappa shape index (κ2) is 8.03. The highest BCUT2D eigenvalue weighted by molar-refractivity contribution is 5.84. The zero-order valence-electron chi connectivity index (χ0n) is 17.5. The van der Waals surface area contributed by atoms with Crippen LogP contribution in [-0.4, -0.2) is 0 Å². The Morgan fingerprint density at radius 3 is 2.43 bits per heavy atom. The van der Waals surface area contributed by atoms with Crippen LogP contribution in [0.4, 0.5) is 5.69 Å². The van der Waals surface area contributed by atoms with Gasteiger partial charge in [0.1, 0.15) is 11.3 Å². The molecule has 0 unspecified atom stereocenters. The molecule has 0 saturated carbocycles. The number of rotatable bonds is 5. The molecule has 0 aliphatic heterocycles. The van der Waals surface area contributed by atoms with Crippen molar-refractivity contribution in [3.05, 3.63) is 106 Å². The summed E-state index contributed by atoms with van der Waals surface area (Å²) < 4.78 is 6.40. The summed E-state index contributed by atoms with van der Waals surface area (Å²) >= 11 is 0. The lowest BCUT2D eigenvalue weighted by molar-refractivity contribution is 0.605. The highest BCUT2D eigenvalue weighted by Crippen LogP contribution is 2.32.